The predicted molar refractivity (Wildman–Crippen MR) is 49.6 cm³/mol. The van der Waals surface area contributed by atoms with Gasteiger partial charge in [-0.2, -0.15) is 0 Å². The normalized spacial score (nSPS) is 14.1. The average Bonchev–Trinajstić information content (AvgIpc) is 1.96. The Morgan fingerprint density at radius 3 is 2.55 bits per heavy atom. The van der Waals surface area contributed by atoms with Crippen LogP contribution in [-0.2, 0) is 0 Å². The summed E-state index contributed by atoms with van der Waals surface area (Å²) in [5.74, 6) is 0. The largest absolute Gasteiger partial charge is 0.393 e. The van der Waals surface area contributed by atoms with Crippen LogP contribution in [0.1, 0.15) is 46.0 Å². The molecule has 1 N–H and O–H groups in total. The molecule has 0 aromatic carbocycles. The number of allylic oxidation sites excluding steroid dienone is 1. The number of aliphatic hydroxyl groups is 1. The molecule has 0 unspecified atom stereocenters. The van der Waals surface area contributed by atoms with Crippen molar-refractivity contribution in [1.82, 2.24) is 0 Å². The third-order valence-corrected chi connectivity index (χ3v) is 1.62. The zero-order chi connectivity index (χ0) is 8.53. The maximum Gasteiger partial charge on any atom is 0.0546 e. The predicted octanol–water partition coefficient (Wildman–Crippen LogP) is 2.89. The Hall–Kier alpha value is -0.300. The van der Waals surface area contributed by atoms with Gasteiger partial charge >= 0.3 is 0 Å². The molecule has 0 aliphatic rings. The zero-order valence-electron chi connectivity index (χ0n) is 7.71. The lowest BCUT2D eigenvalue weighted by molar-refractivity contribution is 0.198. The van der Waals surface area contributed by atoms with Crippen molar-refractivity contribution in [3.05, 3.63) is 12.2 Å². The molecular weight excluding hydrogens is 136 g/mol. The fraction of sp³-hybridized carbons (Fsp3) is 0.800. The molecule has 1 nitrogen and oxygen atoms in total. The summed E-state index contributed by atoms with van der Waals surface area (Å²) in [5, 5.41) is 8.90. The van der Waals surface area contributed by atoms with Crippen LogP contribution in [0.15, 0.2) is 12.2 Å². The minimum Gasteiger partial charge on any atom is -0.393 e. The van der Waals surface area contributed by atoms with Crippen LogP contribution in [0.3, 0.4) is 0 Å². The number of hydrogen-bond donors (Lipinski definition) is 1. The molecule has 11 heavy (non-hydrogen) atoms. The molecule has 0 saturated heterocycles. The molecule has 0 rings (SSSR count). The molecule has 0 heterocycles. The van der Waals surface area contributed by atoms with E-state index in [1.54, 1.807) is 0 Å². The topological polar surface area (TPSA) is 20.2 Å². The van der Waals surface area contributed by atoms with E-state index in [1.807, 2.05) is 6.92 Å². The molecule has 0 fully saturated rings. The number of rotatable bonds is 6. The highest BCUT2D eigenvalue weighted by atomic mass is 16.3. The van der Waals surface area contributed by atoms with Gasteiger partial charge < -0.3 is 5.11 Å². The summed E-state index contributed by atoms with van der Waals surface area (Å²) in [6, 6.07) is 0. The molecule has 0 bridgehead atoms. The van der Waals surface area contributed by atoms with Crippen LogP contribution >= 0.6 is 0 Å². The maximum absolute atomic E-state index is 8.90. The summed E-state index contributed by atoms with van der Waals surface area (Å²) < 4.78 is 0. The monoisotopic (exact) mass is 156 g/mol. The first-order chi connectivity index (χ1) is 5.27. The van der Waals surface area contributed by atoms with E-state index in [0.717, 1.165) is 6.42 Å². The minimum absolute atomic E-state index is 0.183. The Morgan fingerprint density at radius 2 is 2.00 bits per heavy atom. The molecule has 0 aliphatic heterocycles. The van der Waals surface area contributed by atoms with Crippen LogP contribution in [0, 0.1) is 0 Å². The van der Waals surface area contributed by atoms with Crippen LogP contribution in [0.5, 0.6) is 0 Å². The third-order valence-electron chi connectivity index (χ3n) is 1.62. The molecule has 1 atom stereocenters. The lowest BCUT2D eigenvalue weighted by Gasteiger charge is -1.96. The summed E-state index contributed by atoms with van der Waals surface area (Å²) >= 11 is 0. The molecule has 0 aromatic rings. The molecular formula is C10H20O. The molecule has 1 heteroatoms. The number of hydrogen-bond acceptors (Lipinski definition) is 1. The van der Waals surface area contributed by atoms with Crippen molar-refractivity contribution in [1.29, 1.82) is 0 Å². The van der Waals surface area contributed by atoms with Crippen LogP contribution in [0.2, 0.25) is 0 Å². The van der Waals surface area contributed by atoms with E-state index in [1.165, 1.54) is 25.7 Å². The molecule has 0 radical (unpaired) electrons. The van der Waals surface area contributed by atoms with E-state index in [0.29, 0.717) is 0 Å². The second-order valence-corrected chi connectivity index (χ2v) is 3.05. The lowest BCUT2D eigenvalue weighted by atomic mass is 10.2. The SMILES string of the molecule is CCCCCC=CC[C@H](C)O. The van der Waals surface area contributed by atoms with Crippen molar-refractivity contribution in [3.63, 3.8) is 0 Å². The second-order valence-electron chi connectivity index (χ2n) is 3.05. The first-order valence-corrected chi connectivity index (χ1v) is 4.60. The van der Waals surface area contributed by atoms with Gasteiger partial charge in [-0.15, -0.1) is 0 Å². The summed E-state index contributed by atoms with van der Waals surface area (Å²) in [5.41, 5.74) is 0. The Bertz CT molecular complexity index is 95.0. The Morgan fingerprint density at radius 1 is 1.27 bits per heavy atom. The van der Waals surface area contributed by atoms with Gasteiger partial charge in [-0.05, 0) is 26.2 Å². The van der Waals surface area contributed by atoms with Crippen LogP contribution in [0.25, 0.3) is 0 Å². The van der Waals surface area contributed by atoms with Crippen molar-refractivity contribution in [3.8, 4) is 0 Å². The molecule has 0 amide bonds. The lowest BCUT2D eigenvalue weighted by Crippen LogP contribution is -1.95. The van der Waals surface area contributed by atoms with Crippen molar-refractivity contribution in [2.24, 2.45) is 0 Å². The second kappa shape index (κ2) is 7.80. The highest BCUT2D eigenvalue weighted by Crippen LogP contribution is 2.00. The van der Waals surface area contributed by atoms with Crippen molar-refractivity contribution in [2.45, 2.75) is 52.1 Å². The summed E-state index contributed by atoms with van der Waals surface area (Å²) in [4.78, 5) is 0. The van der Waals surface area contributed by atoms with Crippen molar-refractivity contribution in [2.75, 3.05) is 0 Å². The maximum atomic E-state index is 8.90. The molecule has 0 aromatic heterocycles. The Labute approximate surface area is 70.1 Å². The molecule has 0 saturated carbocycles. The van der Waals surface area contributed by atoms with Gasteiger partial charge in [0.05, 0.1) is 6.10 Å². The van der Waals surface area contributed by atoms with Crippen molar-refractivity contribution < 1.29 is 5.11 Å². The summed E-state index contributed by atoms with van der Waals surface area (Å²) in [6.07, 6.45) is 9.91. The van der Waals surface area contributed by atoms with E-state index in [2.05, 4.69) is 19.1 Å². The average molecular weight is 156 g/mol. The van der Waals surface area contributed by atoms with Gasteiger partial charge in [0, 0.05) is 0 Å². The fourth-order valence-electron chi connectivity index (χ4n) is 0.923. The van der Waals surface area contributed by atoms with Gasteiger partial charge in [-0.3, -0.25) is 0 Å². The highest BCUT2D eigenvalue weighted by molar-refractivity contribution is 4.82. The van der Waals surface area contributed by atoms with Gasteiger partial charge in [0.25, 0.3) is 0 Å². The standard InChI is InChI=1S/C10H20O/c1-3-4-5-6-7-8-9-10(2)11/h7-8,10-11H,3-6,9H2,1-2H3/t10-/m0/s1. The summed E-state index contributed by atoms with van der Waals surface area (Å²) in [7, 11) is 0. The Kier molecular flexibility index (Phi) is 7.59. The smallest absolute Gasteiger partial charge is 0.0546 e. The van der Waals surface area contributed by atoms with E-state index in [4.69, 9.17) is 5.11 Å². The van der Waals surface area contributed by atoms with Gasteiger partial charge in [-0.25, -0.2) is 0 Å². The van der Waals surface area contributed by atoms with Gasteiger partial charge in [0.1, 0.15) is 0 Å². The fourth-order valence-corrected chi connectivity index (χ4v) is 0.923. The molecule has 0 aliphatic carbocycles. The van der Waals surface area contributed by atoms with Crippen LogP contribution < -0.4 is 0 Å². The zero-order valence-corrected chi connectivity index (χ0v) is 7.71. The quantitative estimate of drug-likeness (QED) is 0.463. The molecule has 0 spiro atoms. The summed E-state index contributed by atoms with van der Waals surface area (Å²) in [6.45, 7) is 4.02. The van der Waals surface area contributed by atoms with E-state index in [-0.39, 0.29) is 6.10 Å². The van der Waals surface area contributed by atoms with Crippen molar-refractivity contribution >= 4 is 0 Å². The number of aliphatic hydroxyl groups excluding tert-OH is 1. The first-order valence-electron chi connectivity index (χ1n) is 4.60. The van der Waals surface area contributed by atoms with Gasteiger partial charge in [0.15, 0.2) is 0 Å². The van der Waals surface area contributed by atoms with E-state index in [9.17, 15) is 0 Å². The molecule has 66 valence electrons. The Balaban J connectivity index is 3.03. The van der Waals surface area contributed by atoms with Gasteiger partial charge in [-0.1, -0.05) is 31.9 Å². The minimum atomic E-state index is -0.183. The van der Waals surface area contributed by atoms with Gasteiger partial charge in [0.2, 0.25) is 0 Å². The van der Waals surface area contributed by atoms with E-state index >= 15 is 0 Å². The third kappa shape index (κ3) is 9.70. The first kappa shape index (κ1) is 10.7. The van der Waals surface area contributed by atoms with E-state index < -0.39 is 0 Å². The highest BCUT2D eigenvalue weighted by Gasteiger charge is 1.88. The number of unbranched alkanes of at least 4 members (excludes halogenated alkanes) is 3. The van der Waals surface area contributed by atoms with Crippen LogP contribution in [0.4, 0.5) is 0 Å². The van der Waals surface area contributed by atoms with Crippen LogP contribution in [-0.4, -0.2) is 11.2 Å².